The highest BCUT2D eigenvalue weighted by molar-refractivity contribution is 5.85. The van der Waals surface area contributed by atoms with Gasteiger partial charge >= 0.3 is 0 Å². The number of hydrogen-bond donors (Lipinski definition) is 2. The molecule has 6 heteroatoms. The standard InChI is InChI=1S/C17H31N3O2.ClH/c1-12-14(8-5-9-18-12)19-15(21)13-7-6-10-20(11-13)16(22)17(2,3)4;/h12-14,18H,5-11H2,1-4H3,(H,19,21);1H. The Kier molecular flexibility index (Phi) is 7.33. The van der Waals surface area contributed by atoms with Crippen molar-refractivity contribution in [3.05, 3.63) is 0 Å². The van der Waals surface area contributed by atoms with E-state index in [-0.39, 0.29) is 41.6 Å². The summed E-state index contributed by atoms with van der Waals surface area (Å²) in [5.41, 5.74) is -0.375. The minimum Gasteiger partial charge on any atom is -0.352 e. The Morgan fingerprint density at radius 1 is 1.17 bits per heavy atom. The van der Waals surface area contributed by atoms with Crippen LogP contribution in [0.25, 0.3) is 0 Å². The molecule has 2 amide bonds. The predicted octanol–water partition coefficient (Wildman–Crippen LogP) is 1.95. The molecule has 0 radical (unpaired) electrons. The summed E-state index contributed by atoms with van der Waals surface area (Å²) in [6.07, 6.45) is 3.94. The molecule has 23 heavy (non-hydrogen) atoms. The SMILES string of the molecule is CC1NCCCC1NC(=O)C1CCCN(C(=O)C(C)(C)C)C1.Cl. The third kappa shape index (κ3) is 5.35. The number of amides is 2. The van der Waals surface area contributed by atoms with Crippen molar-refractivity contribution < 1.29 is 9.59 Å². The van der Waals surface area contributed by atoms with Gasteiger partial charge in [0.2, 0.25) is 11.8 Å². The van der Waals surface area contributed by atoms with Crippen LogP contribution in [0.2, 0.25) is 0 Å². The van der Waals surface area contributed by atoms with Gasteiger partial charge in [0.05, 0.1) is 5.92 Å². The van der Waals surface area contributed by atoms with Crippen molar-refractivity contribution in [2.75, 3.05) is 19.6 Å². The van der Waals surface area contributed by atoms with E-state index >= 15 is 0 Å². The molecule has 2 aliphatic rings. The van der Waals surface area contributed by atoms with Gasteiger partial charge in [-0.15, -0.1) is 12.4 Å². The van der Waals surface area contributed by atoms with Gasteiger partial charge in [-0.3, -0.25) is 9.59 Å². The van der Waals surface area contributed by atoms with Gasteiger partial charge in [-0.1, -0.05) is 20.8 Å². The van der Waals surface area contributed by atoms with Crippen LogP contribution in [0.4, 0.5) is 0 Å². The van der Waals surface area contributed by atoms with E-state index in [4.69, 9.17) is 0 Å². The van der Waals surface area contributed by atoms with E-state index in [2.05, 4.69) is 17.6 Å². The van der Waals surface area contributed by atoms with Crippen LogP contribution in [0, 0.1) is 11.3 Å². The van der Waals surface area contributed by atoms with Crippen LogP contribution in [0.5, 0.6) is 0 Å². The summed E-state index contributed by atoms with van der Waals surface area (Å²) in [5.74, 6) is 0.207. The molecule has 3 atom stereocenters. The van der Waals surface area contributed by atoms with Gasteiger partial charge in [-0.25, -0.2) is 0 Å². The fourth-order valence-corrected chi connectivity index (χ4v) is 3.39. The molecule has 0 bridgehead atoms. The van der Waals surface area contributed by atoms with Gasteiger partial charge in [0, 0.05) is 30.6 Å². The number of halogens is 1. The first-order valence-electron chi connectivity index (χ1n) is 8.62. The van der Waals surface area contributed by atoms with E-state index in [0.29, 0.717) is 12.6 Å². The molecule has 2 saturated heterocycles. The number of rotatable bonds is 2. The van der Waals surface area contributed by atoms with Gasteiger partial charge in [0.1, 0.15) is 0 Å². The monoisotopic (exact) mass is 345 g/mol. The molecule has 0 aromatic rings. The van der Waals surface area contributed by atoms with E-state index in [1.165, 1.54) is 0 Å². The quantitative estimate of drug-likeness (QED) is 0.804. The molecule has 0 aliphatic carbocycles. The van der Waals surface area contributed by atoms with Crippen molar-refractivity contribution in [3.63, 3.8) is 0 Å². The van der Waals surface area contributed by atoms with Gasteiger partial charge in [0.15, 0.2) is 0 Å². The zero-order chi connectivity index (χ0) is 16.3. The van der Waals surface area contributed by atoms with Crippen LogP contribution < -0.4 is 10.6 Å². The molecule has 5 nitrogen and oxygen atoms in total. The third-order valence-electron chi connectivity index (χ3n) is 4.81. The number of carbonyl (C=O) groups excluding carboxylic acids is 2. The second-order valence-electron chi connectivity index (χ2n) is 7.84. The molecule has 2 N–H and O–H groups in total. The number of piperidine rings is 2. The summed E-state index contributed by atoms with van der Waals surface area (Å²) in [6, 6.07) is 0.545. The van der Waals surface area contributed by atoms with Crippen LogP contribution in [0.3, 0.4) is 0 Å². The molecule has 2 fully saturated rings. The highest BCUT2D eigenvalue weighted by Gasteiger charge is 2.34. The van der Waals surface area contributed by atoms with Crippen molar-refractivity contribution in [3.8, 4) is 0 Å². The molecular weight excluding hydrogens is 314 g/mol. The summed E-state index contributed by atoms with van der Waals surface area (Å²) in [6.45, 7) is 10.3. The average Bonchev–Trinajstić information content (AvgIpc) is 2.48. The fourth-order valence-electron chi connectivity index (χ4n) is 3.39. The molecule has 0 aromatic carbocycles. The largest absolute Gasteiger partial charge is 0.352 e. The number of hydrogen-bond acceptors (Lipinski definition) is 3. The van der Waals surface area contributed by atoms with Gasteiger partial charge in [0.25, 0.3) is 0 Å². The Balaban J connectivity index is 0.00000264. The number of likely N-dealkylation sites (tertiary alicyclic amines) is 1. The van der Waals surface area contributed by atoms with E-state index in [1.807, 2.05) is 25.7 Å². The first kappa shape index (κ1) is 20.2. The van der Waals surface area contributed by atoms with Gasteiger partial charge in [-0.05, 0) is 39.2 Å². The molecule has 2 aliphatic heterocycles. The topological polar surface area (TPSA) is 61.4 Å². The Morgan fingerprint density at radius 3 is 2.48 bits per heavy atom. The van der Waals surface area contributed by atoms with Crippen LogP contribution >= 0.6 is 12.4 Å². The summed E-state index contributed by atoms with van der Waals surface area (Å²) in [7, 11) is 0. The second kappa shape index (κ2) is 8.34. The van der Waals surface area contributed by atoms with E-state index in [9.17, 15) is 9.59 Å². The highest BCUT2D eigenvalue weighted by atomic mass is 35.5. The van der Waals surface area contributed by atoms with Gasteiger partial charge < -0.3 is 15.5 Å². The summed E-state index contributed by atoms with van der Waals surface area (Å²) in [5, 5.41) is 6.61. The molecule has 3 unspecified atom stereocenters. The number of nitrogens with one attached hydrogen (secondary N) is 2. The van der Waals surface area contributed by atoms with Crippen molar-refractivity contribution in [1.29, 1.82) is 0 Å². The molecular formula is C17H32ClN3O2. The molecule has 0 spiro atoms. The Hall–Kier alpha value is -0.810. The zero-order valence-corrected chi connectivity index (χ0v) is 15.7. The van der Waals surface area contributed by atoms with Crippen molar-refractivity contribution in [1.82, 2.24) is 15.5 Å². The van der Waals surface area contributed by atoms with Crippen LogP contribution in [-0.2, 0) is 9.59 Å². The van der Waals surface area contributed by atoms with E-state index < -0.39 is 0 Å². The Bertz CT molecular complexity index is 423. The lowest BCUT2D eigenvalue weighted by atomic mass is 9.90. The smallest absolute Gasteiger partial charge is 0.227 e. The highest BCUT2D eigenvalue weighted by Crippen LogP contribution is 2.24. The lowest BCUT2D eigenvalue weighted by molar-refractivity contribution is -0.143. The molecule has 134 valence electrons. The summed E-state index contributed by atoms with van der Waals surface area (Å²) in [4.78, 5) is 26.8. The Morgan fingerprint density at radius 2 is 1.87 bits per heavy atom. The fraction of sp³-hybridized carbons (Fsp3) is 0.882. The molecule has 0 saturated carbocycles. The van der Waals surface area contributed by atoms with Crippen LogP contribution in [0.15, 0.2) is 0 Å². The Labute approximate surface area is 146 Å². The second-order valence-corrected chi connectivity index (χ2v) is 7.84. The van der Waals surface area contributed by atoms with E-state index in [1.54, 1.807) is 0 Å². The average molecular weight is 346 g/mol. The minimum atomic E-state index is -0.375. The third-order valence-corrected chi connectivity index (χ3v) is 4.81. The molecule has 0 aromatic heterocycles. The number of carbonyl (C=O) groups is 2. The summed E-state index contributed by atoms with van der Waals surface area (Å²) >= 11 is 0. The molecule has 2 rings (SSSR count). The lowest BCUT2D eigenvalue weighted by Gasteiger charge is -2.37. The van der Waals surface area contributed by atoms with Crippen LogP contribution in [0.1, 0.15) is 53.4 Å². The normalized spacial score (nSPS) is 28.7. The van der Waals surface area contributed by atoms with Crippen molar-refractivity contribution in [2.45, 2.75) is 65.5 Å². The molecule has 2 heterocycles. The zero-order valence-electron chi connectivity index (χ0n) is 14.9. The maximum Gasteiger partial charge on any atom is 0.227 e. The van der Waals surface area contributed by atoms with Gasteiger partial charge in [-0.2, -0.15) is 0 Å². The van der Waals surface area contributed by atoms with Crippen molar-refractivity contribution >= 4 is 24.2 Å². The first-order chi connectivity index (χ1) is 10.3. The van der Waals surface area contributed by atoms with Crippen LogP contribution in [-0.4, -0.2) is 48.4 Å². The maximum atomic E-state index is 12.6. The minimum absolute atomic E-state index is 0. The first-order valence-corrected chi connectivity index (χ1v) is 8.62. The van der Waals surface area contributed by atoms with Crippen molar-refractivity contribution in [2.24, 2.45) is 11.3 Å². The predicted molar refractivity (Wildman–Crippen MR) is 94.6 cm³/mol. The van der Waals surface area contributed by atoms with E-state index in [0.717, 1.165) is 38.8 Å². The summed E-state index contributed by atoms with van der Waals surface area (Å²) < 4.78 is 0. The maximum absolute atomic E-state index is 12.6. The number of nitrogens with zero attached hydrogens (tertiary/aromatic N) is 1. The lowest BCUT2D eigenvalue weighted by Crippen LogP contribution is -2.55.